The van der Waals surface area contributed by atoms with E-state index in [1.54, 1.807) is 6.07 Å². The van der Waals surface area contributed by atoms with Gasteiger partial charge >= 0.3 is 0 Å². The summed E-state index contributed by atoms with van der Waals surface area (Å²) < 4.78 is 13.8. The molecule has 4 rings (SSSR count). The third kappa shape index (κ3) is 3.66. The van der Waals surface area contributed by atoms with Crippen LogP contribution in [-0.2, 0) is 25.8 Å². The quantitative estimate of drug-likeness (QED) is 0.529. The Hall–Kier alpha value is -2.68. The summed E-state index contributed by atoms with van der Waals surface area (Å²) in [4.78, 5) is 7.41. The fraction of sp³-hybridized carbons (Fsp3) is 0.346. The van der Waals surface area contributed by atoms with Crippen molar-refractivity contribution in [2.75, 3.05) is 11.4 Å². The van der Waals surface area contributed by atoms with E-state index in [1.165, 1.54) is 39.6 Å². The van der Waals surface area contributed by atoms with E-state index in [4.69, 9.17) is 4.98 Å². The van der Waals surface area contributed by atoms with Gasteiger partial charge in [0.1, 0.15) is 5.82 Å². The summed E-state index contributed by atoms with van der Waals surface area (Å²) in [5.41, 5.74) is 11.0. The number of fused-ring (bicyclic) bond motifs is 1. The van der Waals surface area contributed by atoms with Crippen molar-refractivity contribution in [1.29, 1.82) is 0 Å². The molecule has 1 aliphatic heterocycles. The molecular weight excluding hydrogens is 359 g/mol. The van der Waals surface area contributed by atoms with Gasteiger partial charge in [0.05, 0.1) is 5.69 Å². The molecule has 2 heterocycles. The van der Waals surface area contributed by atoms with E-state index in [-0.39, 0.29) is 5.82 Å². The molecule has 1 aromatic heterocycles. The number of anilines is 1. The van der Waals surface area contributed by atoms with Crippen molar-refractivity contribution in [1.82, 2.24) is 4.98 Å². The van der Waals surface area contributed by atoms with Gasteiger partial charge in [0.25, 0.3) is 0 Å². The number of hydrogen-bond acceptors (Lipinski definition) is 2. The molecule has 0 bridgehead atoms. The van der Waals surface area contributed by atoms with Crippen LogP contribution in [0.25, 0.3) is 11.3 Å². The first-order valence-electron chi connectivity index (χ1n) is 10.6. The lowest BCUT2D eigenvalue weighted by molar-refractivity contribution is 0.623. The number of nitrogens with zero attached hydrogens (tertiary/aromatic N) is 2. The van der Waals surface area contributed by atoms with Crippen LogP contribution in [0.5, 0.6) is 0 Å². The summed E-state index contributed by atoms with van der Waals surface area (Å²) in [6.07, 6.45) is 2.90. The zero-order valence-electron chi connectivity index (χ0n) is 17.8. The van der Waals surface area contributed by atoms with Crippen molar-refractivity contribution >= 4 is 5.69 Å². The third-order valence-electron chi connectivity index (χ3n) is 6.17. The van der Waals surface area contributed by atoms with E-state index in [1.807, 2.05) is 13.0 Å². The van der Waals surface area contributed by atoms with Crippen LogP contribution in [0, 0.1) is 19.7 Å². The average molecular weight is 389 g/mol. The van der Waals surface area contributed by atoms with Crippen molar-refractivity contribution in [2.45, 2.75) is 53.5 Å². The van der Waals surface area contributed by atoms with E-state index in [9.17, 15) is 4.39 Å². The zero-order valence-corrected chi connectivity index (χ0v) is 17.8. The van der Waals surface area contributed by atoms with Gasteiger partial charge in [-0.1, -0.05) is 38.1 Å². The van der Waals surface area contributed by atoms with Crippen LogP contribution < -0.4 is 4.90 Å². The van der Waals surface area contributed by atoms with E-state index in [0.717, 1.165) is 49.3 Å². The Morgan fingerprint density at radius 1 is 0.966 bits per heavy atom. The van der Waals surface area contributed by atoms with Crippen LogP contribution in [0.3, 0.4) is 0 Å². The Bertz CT molecular complexity index is 1030. The van der Waals surface area contributed by atoms with Crippen LogP contribution in [0.1, 0.15) is 47.4 Å². The molecule has 0 unspecified atom stereocenters. The molecule has 2 aromatic carbocycles. The number of halogens is 1. The first kappa shape index (κ1) is 19.6. The molecule has 0 saturated heterocycles. The number of aromatic nitrogens is 1. The summed E-state index contributed by atoms with van der Waals surface area (Å²) in [6, 6.07) is 13.9. The zero-order chi connectivity index (χ0) is 20.5. The summed E-state index contributed by atoms with van der Waals surface area (Å²) in [5, 5.41) is 0. The molecule has 0 amide bonds. The number of pyridine rings is 1. The molecule has 0 spiro atoms. The normalized spacial score (nSPS) is 13.5. The van der Waals surface area contributed by atoms with Crippen molar-refractivity contribution in [3.8, 4) is 11.3 Å². The maximum Gasteiger partial charge on any atom is 0.125 e. The Morgan fingerprint density at radius 3 is 2.38 bits per heavy atom. The van der Waals surface area contributed by atoms with Gasteiger partial charge in [0, 0.05) is 36.5 Å². The number of rotatable bonds is 4. The lowest BCUT2D eigenvalue weighted by atomic mass is 9.92. The molecule has 2 nitrogen and oxygen atoms in total. The molecule has 3 aromatic rings. The first-order chi connectivity index (χ1) is 14.0. The van der Waals surface area contributed by atoms with Crippen molar-refractivity contribution < 1.29 is 4.39 Å². The summed E-state index contributed by atoms with van der Waals surface area (Å²) in [7, 11) is 0. The van der Waals surface area contributed by atoms with Gasteiger partial charge < -0.3 is 4.90 Å². The molecule has 0 radical (unpaired) electrons. The minimum atomic E-state index is -0.176. The van der Waals surface area contributed by atoms with Crippen LogP contribution in [0.4, 0.5) is 10.1 Å². The Morgan fingerprint density at radius 2 is 1.69 bits per heavy atom. The Labute approximate surface area is 173 Å². The van der Waals surface area contributed by atoms with E-state index >= 15 is 0 Å². The summed E-state index contributed by atoms with van der Waals surface area (Å²) >= 11 is 0. The van der Waals surface area contributed by atoms with Crippen LogP contribution in [0.2, 0.25) is 0 Å². The summed E-state index contributed by atoms with van der Waals surface area (Å²) in [6.45, 7) is 10.3. The smallest absolute Gasteiger partial charge is 0.125 e. The highest BCUT2D eigenvalue weighted by Crippen LogP contribution is 2.33. The maximum absolute atomic E-state index is 13.8. The number of aryl methyl sites for hydroxylation is 4. The van der Waals surface area contributed by atoms with Gasteiger partial charge in [-0.25, -0.2) is 4.39 Å². The third-order valence-corrected chi connectivity index (χ3v) is 6.17. The molecule has 0 aliphatic carbocycles. The highest BCUT2D eigenvalue weighted by Gasteiger charge is 2.23. The van der Waals surface area contributed by atoms with E-state index < -0.39 is 0 Å². The topological polar surface area (TPSA) is 16.1 Å². The van der Waals surface area contributed by atoms with Crippen LogP contribution in [-0.4, -0.2) is 11.5 Å². The van der Waals surface area contributed by atoms with E-state index in [2.05, 4.69) is 49.9 Å². The molecule has 150 valence electrons. The second-order valence-electron chi connectivity index (χ2n) is 8.01. The molecule has 3 heteroatoms. The molecule has 0 atom stereocenters. The van der Waals surface area contributed by atoms with Crippen molar-refractivity contribution in [3.63, 3.8) is 0 Å². The summed E-state index contributed by atoms with van der Waals surface area (Å²) in [5.74, 6) is -0.176. The predicted octanol–water partition coefficient (Wildman–Crippen LogP) is 6.19. The first-order valence-corrected chi connectivity index (χ1v) is 10.6. The molecule has 1 aliphatic rings. The molecular formula is C26H29FN2. The maximum atomic E-state index is 13.8. The second kappa shape index (κ2) is 7.98. The highest BCUT2D eigenvalue weighted by molar-refractivity contribution is 5.70. The SMILES string of the molecule is CCc1cccc(CC)c1-c1cc(C)c2c(n1)CCN(c1cc(F)ccc1C)C2. The number of benzene rings is 2. The highest BCUT2D eigenvalue weighted by atomic mass is 19.1. The van der Waals surface area contributed by atoms with Gasteiger partial charge in [-0.15, -0.1) is 0 Å². The largest absolute Gasteiger partial charge is 0.366 e. The Balaban J connectivity index is 1.74. The second-order valence-corrected chi connectivity index (χ2v) is 8.01. The fourth-order valence-corrected chi connectivity index (χ4v) is 4.53. The van der Waals surface area contributed by atoms with Gasteiger partial charge in [-0.3, -0.25) is 4.98 Å². The molecule has 0 N–H and O–H groups in total. The monoisotopic (exact) mass is 388 g/mol. The Kier molecular flexibility index (Phi) is 5.40. The predicted molar refractivity (Wildman–Crippen MR) is 119 cm³/mol. The van der Waals surface area contributed by atoms with Gasteiger partial charge in [0.2, 0.25) is 0 Å². The minimum Gasteiger partial charge on any atom is -0.366 e. The standard InChI is InChI=1S/C26H29FN2/c1-5-19-8-7-9-20(6-2)26(19)24-14-18(4)22-16-29(13-12-23(22)28-24)25-15-21(27)11-10-17(25)3/h7-11,14-15H,5-6,12-13,16H2,1-4H3. The van der Waals surface area contributed by atoms with Crippen LogP contribution in [0.15, 0.2) is 42.5 Å². The minimum absolute atomic E-state index is 0.176. The fourth-order valence-electron chi connectivity index (χ4n) is 4.53. The van der Waals surface area contributed by atoms with Crippen molar-refractivity contribution in [3.05, 3.63) is 81.8 Å². The lowest BCUT2D eigenvalue weighted by Crippen LogP contribution is -2.32. The molecule has 0 fully saturated rings. The molecule has 0 saturated carbocycles. The molecule has 29 heavy (non-hydrogen) atoms. The van der Waals surface area contributed by atoms with Gasteiger partial charge in [0.15, 0.2) is 0 Å². The lowest BCUT2D eigenvalue weighted by Gasteiger charge is -2.32. The average Bonchev–Trinajstić information content (AvgIpc) is 2.74. The van der Waals surface area contributed by atoms with E-state index in [0.29, 0.717) is 0 Å². The number of hydrogen-bond donors (Lipinski definition) is 0. The van der Waals surface area contributed by atoms with Gasteiger partial charge in [-0.2, -0.15) is 0 Å². The van der Waals surface area contributed by atoms with Gasteiger partial charge in [-0.05, 0) is 72.7 Å². The van der Waals surface area contributed by atoms with Crippen molar-refractivity contribution in [2.24, 2.45) is 0 Å². The van der Waals surface area contributed by atoms with Crippen LogP contribution >= 0.6 is 0 Å².